The van der Waals surface area contributed by atoms with Crippen molar-refractivity contribution >= 4 is 28.2 Å². The number of amides is 1. The van der Waals surface area contributed by atoms with Crippen LogP contribution in [0.25, 0.3) is 10.8 Å². The van der Waals surface area contributed by atoms with Crippen LogP contribution in [0.4, 0.5) is 15.9 Å². The molecule has 1 saturated heterocycles. The zero-order valence-corrected chi connectivity index (χ0v) is 16.3. The van der Waals surface area contributed by atoms with Crippen molar-refractivity contribution in [3.63, 3.8) is 0 Å². The molecule has 0 spiro atoms. The van der Waals surface area contributed by atoms with E-state index in [1.807, 2.05) is 12.1 Å². The minimum absolute atomic E-state index is 0.0800. The quantitative estimate of drug-likeness (QED) is 0.736. The Balaban J connectivity index is 1.69. The maximum Gasteiger partial charge on any atom is 0.275 e. The van der Waals surface area contributed by atoms with Crippen LogP contribution < -0.4 is 15.8 Å². The number of fused-ring (bicyclic) bond motifs is 1. The van der Waals surface area contributed by atoms with E-state index in [1.165, 1.54) is 23.2 Å². The number of carbonyl (C=O) groups is 1. The second kappa shape index (κ2) is 8.03. The van der Waals surface area contributed by atoms with Crippen molar-refractivity contribution in [3.8, 4) is 0 Å². The van der Waals surface area contributed by atoms with Crippen LogP contribution in [0.3, 0.4) is 0 Å². The maximum absolute atomic E-state index is 13.8. The van der Waals surface area contributed by atoms with E-state index in [0.29, 0.717) is 17.1 Å². The molecule has 0 radical (unpaired) electrons. The van der Waals surface area contributed by atoms with Gasteiger partial charge in [-0.15, -0.1) is 0 Å². The highest BCUT2D eigenvalue weighted by Gasteiger charge is 2.22. The van der Waals surface area contributed by atoms with Gasteiger partial charge in [0, 0.05) is 18.5 Å². The summed E-state index contributed by atoms with van der Waals surface area (Å²) in [6, 6.07) is 13.3. The summed E-state index contributed by atoms with van der Waals surface area (Å²) in [7, 11) is 0. The van der Waals surface area contributed by atoms with E-state index in [2.05, 4.69) is 22.2 Å². The Morgan fingerprint density at radius 2 is 1.90 bits per heavy atom. The molecule has 1 aromatic heterocycles. The van der Waals surface area contributed by atoms with Gasteiger partial charge in [0.2, 0.25) is 5.91 Å². The van der Waals surface area contributed by atoms with Crippen LogP contribution in [-0.2, 0) is 11.3 Å². The Bertz CT molecular complexity index is 1110. The molecule has 150 valence electrons. The summed E-state index contributed by atoms with van der Waals surface area (Å²) >= 11 is 0. The molecule has 1 amide bonds. The molecule has 29 heavy (non-hydrogen) atoms. The standard InChI is InChI=1S/C22H23FN4O2/c1-15-7-6-12-26(13-15)21-16-8-2-3-9-17(16)22(29)27(25-21)14-20(28)24-19-11-5-4-10-18(19)23/h2-5,8-11,15H,6-7,12-14H2,1H3,(H,24,28). The van der Waals surface area contributed by atoms with Crippen molar-refractivity contribution in [3.05, 3.63) is 64.7 Å². The fourth-order valence-corrected chi connectivity index (χ4v) is 3.83. The van der Waals surface area contributed by atoms with Crippen LogP contribution >= 0.6 is 0 Å². The van der Waals surface area contributed by atoms with Gasteiger partial charge < -0.3 is 10.2 Å². The summed E-state index contributed by atoms with van der Waals surface area (Å²) < 4.78 is 15.0. The third kappa shape index (κ3) is 3.99. The van der Waals surface area contributed by atoms with E-state index in [1.54, 1.807) is 24.3 Å². The Morgan fingerprint density at radius 1 is 1.17 bits per heavy atom. The van der Waals surface area contributed by atoms with Gasteiger partial charge in [-0.05, 0) is 37.0 Å². The molecule has 1 atom stereocenters. The number of halogens is 1. The van der Waals surface area contributed by atoms with E-state index in [4.69, 9.17) is 0 Å². The molecule has 3 aromatic rings. The summed E-state index contributed by atoms with van der Waals surface area (Å²) in [5.41, 5.74) is -0.255. The van der Waals surface area contributed by atoms with Gasteiger partial charge in [-0.3, -0.25) is 9.59 Å². The fraction of sp³-hybridized carbons (Fsp3) is 0.318. The predicted molar refractivity (Wildman–Crippen MR) is 112 cm³/mol. The first-order valence-corrected chi connectivity index (χ1v) is 9.82. The van der Waals surface area contributed by atoms with E-state index in [0.717, 1.165) is 24.9 Å². The average molecular weight is 394 g/mol. The summed E-state index contributed by atoms with van der Waals surface area (Å²) in [4.78, 5) is 27.6. The number of nitrogens with zero attached hydrogens (tertiary/aromatic N) is 3. The molecule has 1 fully saturated rings. The molecule has 0 saturated carbocycles. The minimum Gasteiger partial charge on any atom is -0.354 e. The largest absolute Gasteiger partial charge is 0.354 e. The SMILES string of the molecule is CC1CCCN(c2nn(CC(=O)Nc3ccccc3F)c(=O)c3ccccc23)C1. The van der Waals surface area contributed by atoms with E-state index in [9.17, 15) is 14.0 Å². The molecule has 2 aromatic carbocycles. The lowest BCUT2D eigenvalue weighted by Gasteiger charge is -2.32. The van der Waals surface area contributed by atoms with Gasteiger partial charge in [-0.2, -0.15) is 5.10 Å². The lowest BCUT2D eigenvalue weighted by molar-refractivity contribution is -0.117. The molecule has 1 aliphatic heterocycles. The molecule has 0 bridgehead atoms. The first kappa shape index (κ1) is 19.1. The number of benzene rings is 2. The van der Waals surface area contributed by atoms with Crippen LogP contribution in [0.1, 0.15) is 19.8 Å². The van der Waals surface area contributed by atoms with Gasteiger partial charge in [0.15, 0.2) is 5.82 Å². The zero-order chi connectivity index (χ0) is 20.4. The predicted octanol–water partition coefficient (Wildman–Crippen LogP) is 3.41. The smallest absolute Gasteiger partial charge is 0.275 e. The highest BCUT2D eigenvalue weighted by molar-refractivity contribution is 5.93. The summed E-state index contributed by atoms with van der Waals surface area (Å²) in [6.45, 7) is 3.64. The van der Waals surface area contributed by atoms with Gasteiger partial charge >= 0.3 is 0 Å². The van der Waals surface area contributed by atoms with Crippen molar-refractivity contribution in [1.82, 2.24) is 9.78 Å². The Morgan fingerprint density at radius 3 is 2.66 bits per heavy atom. The molecular formula is C22H23FN4O2. The van der Waals surface area contributed by atoms with E-state index in [-0.39, 0.29) is 17.8 Å². The number of carbonyl (C=O) groups excluding carboxylic acids is 1. The van der Waals surface area contributed by atoms with E-state index < -0.39 is 11.7 Å². The highest BCUT2D eigenvalue weighted by Crippen LogP contribution is 2.26. The van der Waals surface area contributed by atoms with Crippen LogP contribution in [-0.4, -0.2) is 28.8 Å². The maximum atomic E-state index is 13.8. The van der Waals surface area contributed by atoms with Gasteiger partial charge in [-0.1, -0.05) is 37.3 Å². The first-order chi connectivity index (χ1) is 14.0. The van der Waals surface area contributed by atoms with Crippen LogP contribution in [0.5, 0.6) is 0 Å². The number of anilines is 2. The number of hydrogen-bond acceptors (Lipinski definition) is 4. The lowest BCUT2D eigenvalue weighted by Crippen LogP contribution is -2.38. The molecule has 1 unspecified atom stereocenters. The van der Waals surface area contributed by atoms with Crippen LogP contribution in [0, 0.1) is 11.7 Å². The van der Waals surface area contributed by atoms with Gasteiger partial charge in [0.05, 0.1) is 11.1 Å². The molecule has 6 nitrogen and oxygen atoms in total. The number of piperidine rings is 1. The lowest BCUT2D eigenvalue weighted by atomic mass is 10.00. The molecule has 7 heteroatoms. The van der Waals surface area contributed by atoms with E-state index >= 15 is 0 Å². The highest BCUT2D eigenvalue weighted by atomic mass is 19.1. The van der Waals surface area contributed by atoms with Crippen LogP contribution in [0.2, 0.25) is 0 Å². The van der Waals surface area contributed by atoms with Gasteiger partial charge in [-0.25, -0.2) is 9.07 Å². The third-order valence-electron chi connectivity index (χ3n) is 5.25. The number of aromatic nitrogens is 2. The summed E-state index contributed by atoms with van der Waals surface area (Å²) in [5.74, 6) is 0.222. The minimum atomic E-state index is -0.525. The van der Waals surface area contributed by atoms with Crippen molar-refractivity contribution in [2.45, 2.75) is 26.3 Å². The molecule has 1 aliphatic rings. The average Bonchev–Trinajstić information content (AvgIpc) is 2.72. The number of hydrogen-bond donors (Lipinski definition) is 1. The third-order valence-corrected chi connectivity index (χ3v) is 5.25. The second-order valence-corrected chi connectivity index (χ2v) is 7.55. The summed E-state index contributed by atoms with van der Waals surface area (Å²) in [6.07, 6.45) is 2.23. The molecule has 4 rings (SSSR count). The Labute approximate surface area is 167 Å². The van der Waals surface area contributed by atoms with Crippen LogP contribution in [0.15, 0.2) is 53.3 Å². The van der Waals surface area contributed by atoms with Gasteiger partial charge in [0.25, 0.3) is 5.56 Å². The zero-order valence-electron chi connectivity index (χ0n) is 16.3. The fourth-order valence-electron chi connectivity index (χ4n) is 3.83. The molecule has 0 aliphatic carbocycles. The molecule has 2 heterocycles. The van der Waals surface area contributed by atoms with Crippen molar-refractivity contribution < 1.29 is 9.18 Å². The second-order valence-electron chi connectivity index (χ2n) is 7.55. The molecular weight excluding hydrogens is 371 g/mol. The number of rotatable bonds is 4. The topological polar surface area (TPSA) is 67.2 Å². The number of nitrogens with one attached hydrogen (secondary N) is 1. The Kier molecular flexibility index (Phi) is 5.29. The van der Waals surface area contributed by atoms with Crippen molar-refractivity contribution in [2.24, 2.45) is 5.92 Å². The number of para-hydroxylation sites is 1. The summed E-state index contributed by atoms with van der Waals surface area (Å²) in [5, 5.41) is 8.36. The van der Waals surface area contributed by atoms with Crippen molar-refractivity contribution in [2.75, 3.05) is 23.3 Å². The van der Waals surface area contributed by atoms with Crippen molar-refractivity contribution in [1.29, 1.82) is 0 Å². The normalized spacial score (nSPS) is 16.8. The first-order valence-electron chi connectivity index (χ1n) is 9.82. The van der Waals surface area contributed by atoms with Gasteiger partial charge in [0.1, 0.15) is 12.4 Å². The monoisotopic (exact) mass is 394 g/mol. The Hall–Kier alpha value is -3.22. The molecule has 1 N–H and O–H groups in total.